The molecule has 32 heavy (non-hydrogen) atoms. The van der Waals surface area contributed by atoms with Gasteiger partial charge in [0.15, 0.2) is 0 Å². The monoisotopic (exact) mass is 549 g/mol. The van der Waals surface area contributed by atoms with Crippen molar-refractivity contribution in [2.75, 3.05) is 30.0 Å². The van der Waals surface area contributed by atoms with Gasteiger partial charge in [0.2, 0.25) is 0 Å². The van der Waals surface area contributed by atoms with Crippen LogP contribution >= 0.6 is 0 Å². The van der Waals surface area contributed by atoms with E-state index in [1.54, 1.807) is 24.5 Å². The molecule has 0 saturated heterocycles. The number of alkyl halides is 2. The van der Waals surface area contributed by atoms with Crippen LogP contribution in [0.25, 0.3) is 11.3 Å². The number of H-pyrrole nitrogens is 1. The number of nitrogens with one attached hydrogen (secondary N) is 3. The average Bonchev–Trinajstić information content (AvgIpc) is 3.17. The number of ether oxygens (including phenoxy) is 2. The molecule has 2 aliphatic rings. The van der Waals surface area contributed by atoms with Crippen molar-refractivity contribution in [2.24, 2.45) is 0 Å². The van der Waals surface area contributed by atoms with Gasteiger partial charge in [-0.25, -0.2) is 0 Å². The Bertz CT molecular complexity index is 1170. The first-order chi connectivity index (χ1) is 15.7. The molecule has 0 fully saturated rings. The van der Waals surface area contributed by atoms with E-state index < -0.39 is 5.82 Å². The number of fused-ring (bicyclic) bond motifs is 3. The summed E-state index contributed by atoms with van der Waals surface area (Å²) in [5.74, 6) is 0.118. The Morgan fingerprint density at radius 3 is 3.09 bits per heavy atom. The fourth-order valence-electron chi connectivity index (χ4n) is 4.06. The third kappa shape index (κ3) is 3.78. The number of carbonyl (C=O) groups is 1. The third-order valence-electron chi connectivity index (χ3n) is 5.58. The molecular weight excluding hydrogens is 526 g/mol. The Hall–Kier alpha value is -2.82. The van der Waals surface area contributed by atoms with E-state index in [-0.39, 0.29) is 36.8 Å². The summed E-state index contributed by atoms with van der Waals surface area (Å²) in [5.41, 5.74) is 4.08. The molecule has 1 aromatic carbocycles. The van der Waals surface area contributed by atoms with Crippen molar-refractivity contribution < 1.29 is 39.9 Å². The standard InChI is InChI=1S/C23H23FIN4O3/c1-31-22-14(24)5-4-6-16(22)28-21-18-20-15(11-27-23(18)30)25-8-2-3-10-32-17-12-26-9-7-13(17)19(21)29-20/h4-7,9,12,15,28-29H,2-3,8,10-11H2,1H3,(H,27,30)/q-1/t15-/m1/s1. The van der Waals surface area contributed by atoms with E-state index in [2.05, 4.69) is 20.6 Å². The van der Waals surface area contributed by atoms with Gasteiger partial charge in [0.05, 0.1) is 0 Å². The summed E-state index contributed by atoms with van der Waals surface area (Å²) in [7, 11) is 1.43. The number of carbonyl (C=O) groups excluding carboxylic acids is 1. The zero-order valence-electron chi connectivity index (χ0n) is 17.5. The van der Waals surface area contributed by atoms with Gasteiger partial charge in [0.25, 0.3) is 0 Å². The minimum absolute atomic E-state index is 0.0951. The number of anilines is 2. The number of rotatable bonds is 3. The summed E-state index contributed by atoms with van der Waals surface area (Å²) < 4.78 is 27.2. The van der Waals surface area contributed by atoms with Crippen molar-refractivity contribution in [3.8, 4) is 22.8 Å². The van der Waals surface area contributed by atoms with Crippen molar-refractivity contribution in [1.29, 1.82) is 0 Å². The van der Waals surface area contributed by atoms with Crippen LogP contribution in [0.2, 0.25) is 0 Å². The Kier molecular flexibility index (Phi) is 5.90. The Balaban J connectivity index is 1.73. The molecule has 4 heterocycles. The number of amides is 1. The number of para-hydroxylation sites is 1. The second-order valence-corrected chi connectivity index (χ2v) is 11.0. The van der Waals surface area contributed by atoms with Crippen LogP contribution in [0, 0.1) is 5.82 Å². The first-order valence-electron chi connectivity index (χ1n) is 10.5. The number of benzene rings is 1. The summed E-state index contributed by atoms with van der Waals surface area (Å²) in [4.78, 5) is 20.8. The number of pyridine rings is 1. The molecule has 0 spiro atoms. The van der Waals surface area contributed by atoms with Crippen molar-refractivity contribution in [3.05, 3.63) is 53.7 Å². The zero-order valence-corrected chi connectivity index (χ0v) is 19.7. The molecule has 3 N–H and O–H groups in total. The second-order valence-electron chi connectivity index (χ2n) is 7.56. The Morgan fingerprint density at radius 2 is 2.22 bits per heavy atom. The minimum atomic E-state index is -0.476. The molecular formula is C23H23FIN4O3-. The summed E-state index contributed by atoms with van der Waals surface area (Å²) >= 11 is -0.168. The molecule has 2 aromatic heterocycles. The van der Waals surface area contributed by atoms with Crippen molar-refractivity contribution in [3.63, 3.8) is 0 Å². The van der Waals surface area contributed by atoms with Gasteiger partial charge >= 0.3 is 196 Å². The molecule has 0 radical (unpaired) electrons. The summed E-state index contributed by atoms with van der Waals surface area (Å²) in [6.45, 7) is 1.26. The molecule has 1 amide bonds. The van der Waals surface area contributed by atoms with Gasteiger partial charge in [-0.3, -0.25) is 0 Å². The first-order valence-corrected chi connectivity index (χ1v) is 13.2. The molecule has 2 bridgehead atoms. The molecule has 3 aromatic rings. The van der Waals surface area contributed by atoms with Gasteiger partial charge in [0.1, 0.15) is 0 Å². The van der Waals surface area contributed by atoms with E-state index in [0.29, 0.717) is 35.8 Å². The maximum absolute atomic E-state index is 14.4. The predicted octanol–water partition coefficient (Wildman–Crippen LogP) is 1.01. The van der Waals surface area contributed by atoms with E-state index >= 15 is 0 Å². The molecule has 2 aliphatic heterocycles. The molecule has 168 valence electrons. The van der Waals surface area contributed by atoms with E-state index in [1.807, 2.05) is 6.07 Å². The van der Waals surface area contributed by atoms with Crippen molar-refractivity contribution in [1.82, 2.24) is 15.3 Å². The van der Waals surface area contributed by atoms with E-state index in [1.165, 1.54) is 13.2 Å². The Labute approximate surface area is 195 Å². The second kappa shape index (κ2) is 8.97. The number of halogens is 2. The van der Waals surface area contributed by atoms with Crippen LogP contribution in [0.15, 0.2) is 36.7 Å². The van der Waals surface area contributed by atoms with E-state index in [0.717, 1.165) is 34.2 Å². The van der Waals surface area contributed by atoms with Crippen molar-refractivity contribution >= 4 is 17.3 Å². The van der Waals surface area contributed by atoms with Gasteiger partial charge in [0, 0.05) is 0 Å². The summed E-state index contributed by atoms with van der Waals surface area (Å²) in [6, 6.07) is 6.55. The molecule has 0 unspecified atom stereocenters. The number of methoxy groups -OCH3 is 1. The molecule has 0 aliphatic carbocycles. The van der Waals surface area contributed by atoms with Crippen LogP contribution < -0.4 is 41.3 Å². The van der Waals surface area contributed by atoms with Gasteiger partial charge in [-0.1, -0.05) is 0 Å². The van der Waals surface area contributed by atoms with Crippen LogP contribution in [0.3, 0.4) is 0 Å². The van der Waals surface area contributed by atoms with Gasteiger partial charge < -0.3 is 0 Å². The quantitative estimate of drug-likeness (QED) is 0.336. The zero-order chi connectivity index (χ0) is 22.1. The summed E-state index contributed by atoms with van der Waals surface area (Å²) in [6.07, 6.45) is 5.47. The Morgan fingerprint density at radius 1 is 1.31 bits per heavy atom. The summed E-state index contributed by atoms with van der Waals surface area (Å²) in [5, 5.41) is 6.35. The predicted molar refractivity (Wildman–Crippen MR) is 115 cm³/mol. The fraction of sp³-hybridized carbons (Fsp3) is 0.304. The normalized spacial score (nSPS) is 18.1. The maximum atomic E-state index is 14.4. The van der Waals surface area contributed by atoms with Gasteiger partial charge in [-0.15, -0.1) is 0 Å². The number of nitrogens with zero attached hydrogens (tertiary/aromatic N) is 1. The van der Waals surface area contributed by atoms with Crippen LogP contribution in [0.1, 0.15) is 32.8 Å². The van der Waals surface area contributed by atoms with E-state index in [9.17, 15) is 9.18 Å². The fourth-order valence-corrected chi connectivity index (χ4v) is 7.23. The molecule has 5 rings (SSSR count). The van der Waals surface area contributed by atoms with Crippen LogP contribution in [-0.4, -0.2) is 40.6 Å². The van der Waals surface area contributed by atoms with E-state index in [4.69, 9.17) is 9.47 Å². The molecule has 7 nitrogen and oxygen atoms in total. The number of aromatic amines is 1. The molecule has 1 atom stereocenters. The third-order valence-corrected chi connectivity index (χ3v) is 9.09. The number of aromatic nitrogens is 2. The topological polar surface area (TPSA) is 88.3 Å². The number of hydrogen-bond donors (Lipinski definition) is 3. The first kappa shape index (κ1) is 21.0. The molecule has 9 heteroatoms. The van der Waals surface area contributed by atoms with Crippen LogP contribution in [-0.2, 0) is 0 Å². The van der Waals surface area contributed by atoms with Gasteiger partial charge in [-0.2, -0.15) is 0 Å². The number of hydrogen-bond acceptors (Lipinski definition) is 5. The van der Waals surface area contributed by atoms with Crippen molar-refractivity contribution in [2.45, 2.75) is 16.8 Å². The van der Waals surface area contributed by atoms with Crippen LogP contribution in [0.5, 0.6) is 11.5 Å². The van der Waals surface area contributed by atoms with Crippen LogP contribution in [0.4, 0.5) is 15.8 Å². The average molecular weight is 549 g/mol. The van der Waals surface area contributed by atoms with Gasteiger partial charge in [-0.05, 0) is 0 Å². The molecule has 0 saturated carbocycles. The SMILES string of the molecule is COc1c(F)cccc1Nc1c2[nH]c3c1C(=O)NC[C@H]3[I-]CCCCOc1cnccc1-2.